The fourth-order valence-corrected chi connectivity index (χ4v) is 3.36. The molecule has 28 heavy (non-hydrogen) atoms. The highest BCUT2D eigenvalue weighted by Crippen LogP contribution is 2.26. The average molecular weight is 422 g/mol. The van der Waals surface area contributed by atoms with E-state index in [9.17, 15) is 13.2 Å². The summed E-state index contributed by atoms with van der Waals surface area (Å²) in [6.45, 7) is -0.204. The van der Waals surface area contributed by atoms with Crippen LogP contribution >= 0.6 is 11.6 Å². The molecule has 0 spiro atoms. The summed E-state index contributed by atoms with van der Waals surface area (Å²) in [7, 11) is -0.704. The Morgan fingerprint density at radius 2 is 1.82 bits per heavy atom. The minimum absolute atomic E-state index is 0.0802. The molecular formula is C18H16ClN3O5S. The summed E-state index contributed by atoms with van der Waals surface area (Å²) in [6.07, 6.45) is 0. The number of rotatable bonds is 6. The van der Waals surface area contributed by atoms with Crippen LogP contribution in [0.25, 0.3) is 11.5 Å². The van der Waals surface area contributed by atoms with E-state index >= 15 is 0 Å². The lowest BCUT2D eigenvalue weighted by molar-refractivity contribution is 0.0459. The maximum atomic E-state index is 12.2. The SMILES string of the molecule is CN(C)S(=O)(=O)c1ccc(C(=O)OCc2noc(-c3ccccc3Cl)n2)cc1. The molecule has 0 unspecified atom stereocenters. The van der Waals surface area contributed by atoms with Gasteiger partial charge in [0.1, 0.15) is 0 Å². The fraction of sp³-hybridized carbons (Fsp3) is 0.167. The predicted molar refractivity (Wildman–Crippen MR) is 101 cm³/mol. The first-order chi connectivity index (χ1) is 13.3. The lowest BCUT2D eigenvalue weighted by atomic mass is 10.2. The molecule has 3 aromatic rings. The first kappa shape index (κ1) is 20.0. The topological polar surface area (TPSA) is 103 Å². The first-order valence-corrected chi connectivity index (χ1v) is 9.88. The molecule has 0 bridgehead atoms. The van der Waals surface area contributed by atoms with Crippen molar-refractivity contribution in [3.63, 3.8) is 0 Å². The molecule has 1 aromatic heterocycles. The summed E-state index contributed by atoms with van der Waals surface area (Å²) >= 11 is 6.08. The summed E-state index contributed by atoms with van der Waals surface area (Å²) < 4.78 is 35.5. The number of ether oxygens (including phenoxy) is 1. The van der Waals surface area contributed by atoms with E-state index in [-0.39, 0.29) is 28.8 Å². The average Bonchev–Trinajstić information content (AvgIpc) is 3.15. The lowest BCUT2D eigenvalue weighted by Gasteiger charge is -2.11. The molecule has 0 amide bonds. The number of esters is 1. The quantitative estimate of drug-likeness (QED) is 0.563. The third kappa shape index (κ3) is 4.22. The van der Waals surface area contributed by atoms with E-state index in [0.29, 0.717) is 10.6 Å². The van der Waals surface area contributed by atoms with Crippen LogP contribution in [-0.2, 0) is 21.4 Å². The summed E-state index contributed by atoms with van der Waals surface area (Å²) in [6, 6.07) is 12.4. The lowest BCUT2D eigenvalue weighted by Crippen LogP contribution is -2.22. The second-order valence-electron chi connectivity index (χ2n) is 5.88. The molecule has 1 heterocycles. The Bertz CT molecular complexity index is 1090. The van der Waals surface area contributed by atoms with Crippen LogP contribution < -0.4 is 0 Å². The smallest absolute Gasteiger partial charge is 0.338 e. The van der Waals surface area contributed by atoms with Crippen LogP contribution in [0.2, 0.25) is 5.02 Å². The molecule has 0 aliphatic rings. The van der Waals surface area contributed by atoms with Crippen molar-refractivity contribution in [2.45, 2.75) is 11.5 Å². The van der Waals surface area contributed by atoms with Crippen LogP contribution in [-0.4, -0.2) is 42.9 Å². The third-order valence-electron chi connectivity index (χ3n) is 3.77. The Kier molecular flexibility index (Phi) is 5.78. The van der Waals surface area contributed by atoms with Crippen LogP contribution in [0.1, 0.15) is 16.2 Å². The minimum atomic E-state index is -3.56. The monoisotopic (exact) mass is 421 g/mol. The van der Waals surface area contributed by atoms with Gasteiger partial charge in [0, 0.05) is 14.1 Å². The number of hydrogen-bond acceptors (Lipinski definition) is 7. The van der Waals surface area contributed by atoms with E-state index in [4.69, 9.17) is 20.9 Å². The number of halogens is 1. The van der Waals surface area contributed by atoms with Crippen LogP contribution in [0.15, 0.2) is 57.9 Å². The second-order valence-corrected chi connectivity index (χ2v) is 8.44. The Hall–Kier alpha value is -2.75. The Morgan fingerprint density at radius 3 is 2.46 bits per heavy atom. The number of benzene rings is 2. The normalized spacial score (nSPS) is 11.6. The van der Waals surface area contributed by atoms with E-state index in [0.717, 1.165) is 4.31 Å². The van der Waals surface area contributed by atoms with Crippen molar-refractivity contribution in [2.75, 3.05) is 14.1 Å². The number of sulfonamides is 1. The predicted octanol–water partition coefficient (Wildman–Crippen LogP) is 3.00. The van der Waals surface area contributed by atoms with E-state index in [1.165, 1.54) is 38.4 Å². The van der Waals surface area contributed by atoms with Gasteiger partial charge in [-0.05, 0) is 36.4 Å². The van der Waals surface area contributed by atoms with Crippen molar-refractivity contribution in [3.05, 3.63) is 64.9 Å². The second kappa shape index (κ2) is 8.09. The Balaban J connectivity index is 1.66. The minimum Gasteiger partial charge on any atom is -0.454 e. The number of carbonyl (C=O) groups is 1. The van der Waals surface area contributed by atoms with Crippen LogP contribution in [0.4, 0.5) is 0 Å². The van der Waals surface area contributed by atoms with Crippen LogP contribution in [0.3, 0.4) is 0 Å². The van der Waals surface area contributed by atoms with Gasteiger partial charge in [-0.15, -0.1) is 0 Å². The van der Waals surface area contributed by atoms with E-state index in [2.05, 4.69) is 10.1 Å². The van der Waals surface area contributed by atoms with E-state index < -0.39 is 16.0 Å². The van der Waals surface area contributed by atoms with E-state index in [1.807, 2.05) is 0 Å². The van der Waals surface area contributed by atoms with Crippen molar-refractivity contribution in [3.8, 4) is 11.5 Å². The molecule has 0 fully saturated rings. The standard InChI is InChI=1S/C18H16ClN3O5S/c1-22(2)28(24,25)13-9-7-12(8-10-13)18(23)26-11-16-20-17(27-21-16)14-5-3-4-6-15(14)19/h3-10H,11H2,1-2H3. The molecule has 0 aliphatic heterocycles. The molecule has 2 aromatic carbocycles. The summed E-state index contributed by atoms with van der Waals surface area (Å²) in [5, 5.41) is 4.22. The zero-order valence-corrected chi connectivity index (χ0v) is 16.6. The van der Waals surface area contributed by atoms with Gasteiger partial charge in [0.05, 0.1) is 21.0 Å². The zero-order valence-electron chi connectivity index (χ0n) is 15.0. The summed E-state index contributed by atoms with van der Waals surface area (Å²) in [5.41, 5.74) is 0.777. The molecular weight excluding hydrogens is 406 g/mol. The van der Waals surface area contributed by atoms with Gasteiger partial charge in [0.2, 0.25) is 15.8 Å². The molecule has 0 radical (unpaired) electrons. The molecule has 0 N–H and O–H groups in total. The fourth-order valence-electron chi connectivity index (χ4n) is 2.24. The molecule has 0 aliphatic carbocycles. The molecule has 8 nitrogen and oxygen atoms in total. The first-order valence-electron chi connectivity index (χ1n) is 8.06. The third-order valence-corrected chi connectivity index (χ3v) is 5.93. The van der Waals surface area contributed by atoms with Gasteiger partial charge in [-0.3, -0.25) is 0 Å². The molecule has 146 valence electrons. The molecule has 3 rings (SSSR count). The van der Waals surface area contributed by atoms with Gasteiger partial charge in [0.15, 0.2) is 6.61 Å². The number of carbonyl (C=O) groups excluding carboxylic acids is 1. The summed E-state index contributed by atoms with van der Waals surface area (Å²) in [5.74, 6) is -0.247. The van der Waals surface area contributed by atoms with Gasteiger partial charge in [-0.2, -0.15) is 4.98 Å². The highest BCUT2D eigenvalue weighted by molar-refractivity contribution is 7.89. The van der Waals surface area contributed by atoms with Crippen molar-refractivity contribution >= 4 is 27.6 Å². The van der Waals surface area contributed by atoms with Gasteiger partial charge in [0.25, 0.3) is 5.89 Å². The molecule has 10 heteroatoms. The maximum Gasteiger partial charge on any atom is 0.338 e. The molecule has 0 saturated carbocycles. The van der Waals surface area contributed by atoms with Crippen molar-refractivity contribution in [1.29, 1.82) is 0 Å². The number of hydrogen-bond donors (Lipinski definition) is 0. The maximum absolute atomic E-state index is 12.2. The highest BCUT2D eigenvalue weighted by atomic mass is 35.5. The number of aromatic nitrogens is 2. The van der Waals surface area contributed by atoms with Crippen molar-refractivity contribution in [2.24, 2.45) is 0 Å². The largest absolute Gasteiger partial charge is 0.454 e. The highest BCUT2D eigenvalue weighted by Gasteiger charge is 2.18. The van der Waals surface area contributed by atoms with Gasteiger partial charge in [-0.1, -0.05) is 28.9 Å². The van der Waals surface area contributed by atoms with Crippen molar-refractivity contribution < 1.29 is 22.5 Å². The Morgan fingerprint density at radius 1 is 1.14 bits per heavy atom. The Labute approximate surface area is 166 Å². The zero-order chi connectivity index (χ0) is 20.3. The molecule has 0 saturated heterocycles. The van der Waals surface area contributed by atoms with Crippen molar-refractivity contribution in [1.82, 2.24) is 14.4 Å². The van der Waals surface area contributed by atoms with Gasteiger partial charge >= 0.3 is 5.97 Å². The molecule has 0 atom stereocenters. The van der Waals surface area contributed by atoms with E-state index in [1.54, 1.807) is 24.3 Å². The summed E-state index contributed by atoms with van der Waals surface area (Å²) in [4.78, 5) is 16.4. The van der Waals surface area contributed by atoms with Gasteiger partial charge < -0.3 is 9.26 Å². The number of nitrogens with zero attached hydrogens (tertiary/aromatic N) is 3. The van der Waals surface area contributed by atoms with Crippen LogP contribution in [0.5, 0.6) is 0 Å². The van der Waals surface area contributed by atoms with Gasteiger partial charge in [-0.25, -0.2) is 17.5 Å². The van der Waals surface area contributed by atoms with Crippen LogP contribution in [0, 0.1) is 0 Å².